The van der Waals surface area contributed by atoms with Gasteiger partial charge < -0.3 is 9.32 Å². The number of hydrogen-bond donors (Lipinski definition) is 0. The highest BCUT2D eigenvalue weighted by atomic mass is 35.5. The summed E-state index contributed by atoms with van der Waals surface area (Å²) in [5.41, 5.74) is 2.20. The molecule has 1 atom stereocenters. The third-order valence-corrected chi connectivity index (χ3v) is 4.66. The number of rotatable bonds is 5. The maximum Gasteiger partial charge on any atom is 0.419 e. The van der Waals surface area contributed by atoms with Crippen LogP contribution in [0.15, 0.2) is 57.7 Å². The molecule has 1 aromatic heterocycles. The minimum absolute atomic E-state index is 0.0512. The van der Waals surface area contributed by atoms with Gasteiger partial charge in [0.2, 0.25) is 5.91 Å². The second-order valence-electron chi connectivity index (χ2n) is 5.97. The summed E-state index contributed by atoms with van der Waals surface area (Å²) in [6, 6.07) is 14.5. The van der Waals surface area contributed by atoms with Crippen LogP contribution in [0.5, 0.6) is 0 Å². The molecule has 1 amide bonds. The topological polar surface area (TPSA) is 55.5 Å². The van der Waals surface area contributed by atoms with Gasteiger partial charge in [0.05, 0.1) is 11.6 Å². The minimum atomic E-state index is -0.445. The maximum absolute atomic E-state index is 12.5. The van der Waals surface area contributed by atoms with Crippen molar-refractivity contribution in [2.75, 3.05) is 7.05 Å². The van der Waals surface area contributed by atoms with Crippen LogP contribution in [0, 0.1) is 0 Å². The van der Waals surface area contributed by atoms with Crippen LogP contribution in [0.3, 0.4) is 0 Å². The zero-order valence-electron chi connectivity index (χ0n) is 14.1. The number of para-hydroxylation sites is 2. The molecule has 0 spiro atoms. The molecular weight excluding hydrogens is 340 g/mol. The van der Waals surface area contributed by atoms with Crippen molar-refractivity contribution >= 4 is 28.6 Å². The number of aryl methyl sites for hydroxylation is 1. The molecule has 130 valence electrons. The Labute approximate surface area is 150 Å². The summed E-state index contributed by atoms with van der Waals surface area (Å²) >= 11 is 6.02. The van der Waals surface area contributed by atoms with E-state index < -0.39 is 5.76 Å². The summed E-state index contributed by atoms with van der Waals surface area (Å²) < 4.78 is 6.68. The molecule has 0 saturated heterocycles. The Hall–Kier alpha value is -2.53. The van der Waals surface area contributed by atoms with Gasteiger partial charge in [0.1, 0.15) is 0 Å². The van der Waals surface area contributed by atoms with Gasteiger partial charge in [-0.3, -0.25) is 9.36 Å². The highest BCUT2D eigenvalue weighted by Crippen LogP contribution is 2.22. The van der Waals surface area contributed by atoms with Crippen LogP contribution in [-0.2, 0) is 11.3 Å². The van der Waals surface area contributed by atoms with Crippen molar-refractivity contribution in [1.29, 1.82) is 0 Å². The lowest BCUT2D eigenvalue weighted by Gasteiger charge is -2.25. The van der Waals surface area contributed by atoms with E-state index in [-0.39, 0.29) is 24.9 Å². The van der Waals surface area contributed by atoms with Gasteiger partial charge in [0.15, 0.2) is 5.58 Å². The fraction of sp³-hybridized carbons (Fsp3) is 0.263. The molecule has 2 aromatic carbocycles. The number of halogens is 1. The highest BCUT2D eigenvalue weighted by molar-refractivity contribution is 6.30. The summed E-state index contributed by atoms with van der Waals surface area (Å²) in [6.45, 7) is 2.23. The standard InChI is InChI=1S/C19H19ClN2O3/c1-13(14-6-5-7-15(20)12-14)21(2)18(23)10-11-22-16-8-3-4-9-17(16)25-19(22)24/h3-9,12-13H,10-11H2,1-2H3. The molecule has 5 nitrogen and oxygen atoms in total. The van der Waals surface area contributed by atoms with E-state index in [1.54, 1.807) is 30.1 Å². The molecule has 1 heterocycles. The average Bonchev–Trinajstić information content (AvgIpc) is 2.93. The zero-order valence-corrected chi connectivity index (χ0v) is 14.9. The normalized spacial score (nSPS) is 12.3. The largest absolute Gasteiger partial charge is 0.419 e. The second kappa shape index (κ2) is 7.15. The molecule has 0 bridgehead atoms. The number of amides is 1. The summed E-state index contributed by atoms with van der Waals surface area (Å²) in [4.78, 5) is 26.2. The Bertz CT molecular complexity index is 960. The van der Waals surface area contributed by atoms with Crippen LogP contribution in [0.4, 0.5) is 0 Å². The fourth-order valence-electron chi connectivity index (χ4n) is 2.82. The van der Waals surface area contributed by atoms with Crippen LogP contribution in [-0.4, -0.2) is 22.4 Å². The van der Waals surface area contributed by atoms with Crippen molar-refractivity contribution in [1.82, 2.24) is 9.47 Å². The predicted octanol–water partition coefficient (Wildman–Crippen LogP) is 3.86. The molecule has 25 heavy (non-hydrogen) atoms. The fourth-order valence-corrected chi connectivity index (χ4v) is 3.01. The summed E-state index contributed by atoms with van der Waals surface area (Å²) in [7, 11) is 1.75. The second-order valence-corrected chi connectivity index (χ2v) is 6.41. The number of aromatic nitrogens is 1. The van der Waals surface area contributed by atoms with E-state index in [0.29, 0.717) is 16.1 Å². The Balaban J connectivity index is 1.71. The molecule has 0 radical (unpaired) electrons. The van der Waals surface area contributed by atoms with E-state index in [0.717, 1.165) is 5.56 Å². The Kier molecular flexibility index (Phi) is 4.95. The highest BCUT2D eigenvalue weighted by Gasteiger charge is 2.18. The van der Waals surface area contributed by atoms with Crippen molar-refractivity contribution < 1.29 is 9.21 Å². The first-order valence-corrected chi connectivity index (χ1v) is 8.44. The van der Waals surface area contributed by atoms with Crippen LogP contribution < -0.4 is 5.76 Å². The third-order valence-electron chi connectivity index (χ3n) is 4.43. The van der Waals surface area contributed by atoms with Gasteiger partial charge in [-0.2, -0.15) is 0 Å². The molecule has 0 aliphatic rings. The monoisotopic (exact) mass is 358 g/mol. The van der Waals surface area contributed by atoms with Gasteiger partial charge >= 0.3 is 5.76 Å². The summed E-state index contributed by atoms with van der Waals surface area (Å²) in [6.07, 6.45) is 0.213. The number of oxazole rings is 1. The van der Waals surface area contributed by atoms with Crippen LogP contribution >= 0.6 is 11.6 Å². The van der Waals surface area contributed by atoms with Gasteiger partial charge in [0.25, 0.3) is 0 Å². The maximum atomic E-state index is 12.5. The van der Waals surface area contributed by atoms with Crippen LogP contribution in [0.25, 0.3) is 11.1 Å². The number of hydrogen-bond acceptors (Lipinski definition) is 3. The molecule has 6 heteroatoms. The molecular formula is C19H19ClN2O3. The van der Waals surface area contributed by atoms with Crippen molar-refractivity contribution in [2.45, 2.75) is 25.9 Å². The number of carbonyl (C=O) groups is 1. The number of carbonyl (C=O) groups excluding carboxylic acids is 1. The van der Waals surface area contributed by atoms with E-state index in [9.17, 15) is 9.59 Å². The first kappa shape index (κ1) is 17.3. The van der Waals surface area contributed by atoms with Gasteiger partial charge in [-0.05, 0) is 36.8 Å². The van der Waals surface area contributed by atoms with E-state index >= 15 is 0 Å². The van der Waals surface area contributed by atoms with Crippen LogP contribution in [0.1, 0.15) is 24.9 Å². The third kappa shape index (κ3) is 3.61. The first-order chi connectivity index (χ1) is 12.0. The molecule has 3 rings (SSSR count). The number of benzene rings is 2. The molecule has 3 aromatic rings. The number of fused-ring (bicyclic) bond motifs is 1. The molecule has 0 saturated carbocycles. The Morgan fingerprint density at radius 2 is 2.00 bits per heavy atom. The molecule has 0 N–H and O–H groups in total. The van der Waals surface area contributed by atoms with Crippen molar-refractivity contribution in [3.8, 4) is 0 Å². The van der Waals surface area contributed by atoms with Gasteiger partial charge in [-0.15, -0.1) is 0 Å². The number of nitrogens with zero attached hydrogens (tertiary/aromatic N) is 2. The van der Waals surface area contributed by atoms with Gasteiger partial charge in [-0.25, -0.2) is 4.79 Å². The Morgan fingerprint density at radius 1 is 1.24 bits per heavy atom. The average molecular weight is 359 g/mol. The lowest BCUT2D eigenvalue weighted by atomic mass is 10.1. The SMILES string of the molecule is CC(c1cccc(Cl)c1)N(C)C(=O)CCn1c(=O)oc2ccccc21. The molecule has 0 fully saturated rings. The van der Waals surface area contributed by atoms with E-state index in [1.165, 1.54) is 4.57 Å². The van der Waals surface area contributed by atoms with Gasteiger partial charge in [0, 0.05) is 25.0 Å². The minimum Gasteiger partial charge on any atom is -0.408 e. The predicted molar refractivity (Wildman–Crippen MR) is 97.7 cm³/mol. The first-order valence-electron chi connectivity index (χ1n) is 8.07. The van der Waals surface area contributed by atoms with Crippen molar-refractivity contribution in [2.24, 2.45) is 0 Å². The van der Waals surface area contributed by atoms with Crippen LogP contribution in [0.2, 0.25) is 5.02 Å². The summed E-state index contributed by atoms with van der Waals surface area (Å²) in [5.74, 6) is -0.496. The lowest BCUT2D eigenvalue weighted by Crippen LogP contribution is -2.31. The lowest BCUT2D eigenvalue weighted by molar-refractivity contribution is -0.132. The summed E-state index contributed by atoms with van der Waals surface area (Å²) in [5, 5.41) is 0.640. The smallest absolute Gasteiger partial charge is 0.408 e. The van der Waals surface area contributed by atoms with E-state index in [4.69, 9.17) is 16.0 Å². The van der Waals surface area contributed by atoms with Crippen molar-refractivity contribution in [3.05, 3.63) is 69.7 Å². The molecule has 0 aliphatic carbocycles. The molecule has 0 aliphatic heterocycles. The molecule has 1 unspecified atom stereocenters. The van der Waals surface area contributed by atoms with E-state index in [1.807, 2.05) is 37.3 Å². The quantitative estimate of drug-likeness (QED) is 0.696. The Morgan fingerprint density at radius 3 is 2.76 bits per heavy atom. The zero-order chi connectivity index (χ0) is 18.0. The van der Waals surface area contributed by atoms with E-state index in [2.05, 4.69) is 0 Å². The van der Waals surface area contributed by atoms with Gasteiger partial charge in [-0.1, -0.05) is 35.9 Å². The van der Waals surface area contributed by atoms with Crippen molar-refractivity contribution in [3.63, 3.8) is 0 Å².